The van der Waals surface area contributed by atoms with Crippen molar-refractivity contribution >= 4 is 17.4 Å². The van der Waals surface area contributed by atoms with Crippen LogP contribution in [0.25, 0.3) is 0 Å². The molecule has 1 aromatic rings. The molecule has 0 fully saturated rings. The van der Waals surface area contributed by atoms with Gasteiger partial charge in [0.25, 0.3) is 0 Å². The van der Waals surface area contributed by atoms with Crippen LogP contribution in [0, 0.1) is 0 Å². The molecule has 1 aliphatic heterocycles. The second-order valence-electron chi connectivity index (χ2n) is 5.49. The molecule has 1 heterocycles. The zero-order valence-electron chi connectivity index (χ0n) is 12.6. The van der Waals surface area contributed by atoms with E-state index in [1.807, 2.05) is 13.0 Å². The molecule has 0 bridgehead atoms. The fraction of sp³-hybridized carbons (Fsp3) is 0.412. The van der Waals surface area contributed by atoms with Gasteiger partial charge in [-0.3, -0.25) is 0 Å². The highest BCUT2D eigenvalue weighted by atomic mass is 16.5. The van der Waals surface area contributed by atoms with Gasteiger partial charge in [0.15, 0.2) is 12.3 Å². The van der Waals surface area contributed by atoms with Gasteiger partial charge in [-0.15, -0.1) is 0 Å². The number of benzene rings is 1. The normalized spacial score (nSPS) is 16.6. The number of ether oxygens (including phenoxy) is 1. The summed E-state index contributed by atoms with van der Waals surface area (Å²) >= 11 is 0. The molecule has 0 aromatic heterocycles. The van der Waals surface area contributed by atoms with Gasteiger partial charge in [-0.2, -0.15) is 4.58 Å². The van der Waals surface area contributed by atoms with Gasteiger partial charge in [-0.25, -0.2) is 4.79 Å². The van der Waals surface area contributed by atoms with E-state index in [9.17, 15) is 4.79 Å². The number of rotatable bonds is 4. The molecule has 0 unspecified atom stereocenters. The van der Waals surface area contributed by atoms with Crippen molar-refractivity contribution in [3.05, 3.63) is 42.0 Å². The lowest BCUT2D eigenvalue weighted by molar-refractivity contribution is -0.426. The van der Waals surface area contributed by atoms with Crippen molar-refractivity contribution in [2.75, 3.05) is 13.2 Å². The zero-order valence-corrected chi connectivity index (χ0v) is 12.6. The third kappa shape index (κ3) is 2.53. The van der Waals surface area contributed by atoms with Gasteiger partial charge < -0.3 is 4.74 Å². The number of carbonyl (C=O) groups is 1. The minimum Gasteiger partial charge on any atom is -0.463 e. The summed E-state index contributed by atoms with van der Waals surface area (Å²) in [5, 5.41) is 0. The molecule has 3 nitrogen and oxygen atoms in total. The van der Waals surface area contributed by atoms with Crippen LogP contribution in [0.2, 0.25) is 0 Å². The monoisotopic (exact) mass is 272 g/mol. The summed E-state index contributed by atoms with van der Waals surface area (Å²) in [6.07, 6.45) is 3.37. The number of hydrogen-bond acceptors (Lipinski definition) is 2. The summed E-state index contributed by atoms with van der Waals surface area (Å²) in [7, 11) is 0. The molecule has 106 valence electrons. The molecule has 3 heteroatoms. The zero-order chi connectivity index (χ0) is 14.8. The molecule has 0 saturated heterocycles. The molecule has 2 rings (SSSR count). The van der Waals surface area contributed by atoms with Crippen molar-refractivity contribution in [2.45, 2.75) is 33.1 Å². The highest BCUT2D eigenvalue weighted by molar-refractivity contribution is 5.93. The summed E-state index contributed by atoms with van der Waals surface area (Å²) < 4.78 is 7.15. The van der Waals surface area contributed by atoms with Crippen molar-refractivity contribution in [3.8, 4) is 0 Å². The van der Waals surface area contributed by atoms with E-state index in [1.165, 1.54) is 23.0 Å². The molecular weight excluding hydrogens is 250 g/mol. The smallest absolute Gasteiger partial charge is 0.330 e. The number of fused-ring (bicyclic) bond motifs is 1. The van der Waals surface area contributed by atoms with Crippen LogP contribution in [-0.4, -0.2) is 29.4 Å². The van der Waals surface area contributed by atoms with Crippen LogP contribution in [0.1, 0.15) is 33.3 Å². The molecule has 0 N–H and O–H groups in total. The predicted octanol–water partition coefficient (Wildman–Crippen LogP) is 3.20. The van der Waals surface area contributed by atoms with Crippen molar-refractivity contribution in [3.63, 3.8) is 0 Å². The quantitative estimate of drug-likeness (QED) is 0.478. The van der Waals surface area contributed by atoms with Gasteiger partial charge in [-0.1, -0.05) is 18.2 Å². The first kappa shape index (κ1) is 14.5. The molecule has 0 spiro atoms. The minimum atomic E-state index is -0.281. The summed E-state index contributed by atoms with van der Waals surface area (Å²) in [6, 6.07) is 8.43. The lowest BCUT2D eigenvalue weighted by atomic mass is 9.82. The first-order valence-corrected chi connectivity index (χ1v) is 7.03. The molecule has 1 aromatic carbocycles. The third-order valence-electron chi connectivity index (χ3n) is 4.01. The molecule has 1 aliphatic rings. The number of nitrogens with zero attached hydrogens (tertiary/aromatic N) is 1. The van der Waals surface area contributed by atoms with Crippen molar-refractivity contribution in [1.29, 1.82) is 0 Å². The van der Waals surface area contributed by atoms with E-state index in [-0.39, 0.29) is 11.4 Å². The highest BCUT2D eigenvalue weighted by Crippen LogP contribution is 2.38. The average Bonchev–Trinajstić information content (AvgIpc) is 2.61. The summed E-state index contributed by atoms with van der Waals surface area (Å²) in [6.45, 7) is 9.52. The Hall–Kier alpha value is -1.90. The molecule has 0 amide bonds. The van der Waals surface area contributed by atoms with Crippen molar-refractivity contribution in [1.82, 2.24) is 0 Å². The fourth-order valence-electron chi connectivity index (χ4n) is 2.63. The number of carbonyl (C=O) groups excluding carboxylic acids is 1. The Kier molecular flexibility index (Phi) is 4.07. The van der Waals surface area contributed by atoms with E-state index in [2.05, 4.69) is 49.6 Å². The Bertz CT molecular complexity index is 582. The van der Waals surface area contributed by atoms with Crippen LogP contribution in [-0.2, 0) is 14.9 Å². The second kappa shape index (κ2) is 5.61. The van der Waals surface area contributed by atoms with Crippen LogP contribution in [0.4, 0.5) is 5.69 Å². The van der Waals surface area contributed by atoms with Crippen molar-refractivity contribution < 1.29 is 14.1 Å². The number of esters is 1. The molecule has 20 heavy (non-hydrogen) atoms. The van der Waals surface area contributed by atoms with Crippen LogP contribution in [0.3, 0.4) is 0 Å². The Morgan fingerprint density at radius 3 is 2.75 bits per heavy atom. The minimum absolute atomic E-state index is 0.0361. The predicted molar refractivity (Wildman–Crippen MR) is 80.7 cm³/mol. The maximum absolute atomic E-state index is 11.3. The Labute approximate surface area is 120 Å². The fourth-order valence-corrected chi connectivity index (χ4v) is 2.63. The number of hydrogen-bond donors (Lipinski definition) is 0. The Morgan fingerprint density at radius 2 is 2.05 bits per heavy atom. The molecule has 0 aliphatic carbocycles. The maximum atomic E-state index is 11.3. The lowest BCUT2D eigenvalue weighted by Crippen LogP contribution is -2.26. The Morgan fingerprint density at radius 1 is 1.35 bits per heavy atom. The van der Waals surface area contributed by atoms with E-state index in [1.54, 1.807) is 0 Å². The molecular formula is C17H22NO2+. The lowest BCUT2D eigenvalue weighted by Gasteiger charge is -2.14. The molecule has 0 atom stereocenters. The van der Waals surface area contributed by atoms with Crippen molar-refractivity contribution in [2.24, 2.45) is 0 Å². The summed E-state index contributed by atoms with van der Waals surface area (Å²) in [5.74, 6) is -0.281. The SMILES string of the molecule is CCOC(=O)C=CC[N+]1=C(C)C(C)(C)c2ccccc21. The van der Waals surface area contributed by atoms with Crippen LogP contribution in [0.15, 0.2) is 36.4 Å². The first-order chi connectivity index (χ1) is 9.48. The topological polar surface area (TPSA) is 29.3 Å². The number of para-hydroxylation sites is 1. The van der Waals surface area contributed by atoms with Gasteiger partial charge in [-0.05, 0) is 26.8 Å². The highest BCUT2D eigenvalue weighted by Gasteiger charge is 2.42. The van der Waals surface area contributed by atoms with Gasteiger partial charge >= 0.3 is 5.97 Å². The van der Waals surface area contributed by atoms with E-state index < -0.39 is 0 Å². The summed E-state index contributed by atoms with van der Waals surface area (Å²) in [5.41, 5.74) is 3.90. The van der Waals surface area contributed by atoms with Crippen LogP contribution < -0.4 is 0 Å². The van der Waals surface area contributed by atoms with E-state index >= 15 is 0 Å². The standard InChI is InChI=1S/C17H22NO2/c1-5-20-16(19)11-8-12-18-13(2)17(3,4)14-9-6-7-10-15(14)18/h6-11H,5,12H2,1-4H3/q+1. The van der Waals surface area contributed by atoms with Crippen LogP contribution in [0.5, 0.6) is 0 Å². The third-order valence-corrected chi connectivity index (χ3v) is 4.01. The summed E-state index contributed by atoms with van der Waals surface area (Å²) in [4.78, 5) is 11.3. The van der Waals surface area contributed by atoms with Crippen LogP contribution >= 0.6 is 0 Å². The van der Waals surface area contributed by atoms with E-state index in [0.29, 0.717) is 13.2 Å². The maximum Gasteiger partial charge on any atom is 0.330 e. The van der Waals surface area contributed by atoms with Gasteiger partial charge in [0, 0.05) is 24.6 Å². The van der Waals surface area contributed by atoms with Gasteiger partial charge in [0.2, 0.25) is 5.69 Å². The first-order valence-electron chi connectivity index (χ1n) is 7.03. The molecule has 0 radical (unpaired) electrons. The second-order valence-corrected chi connectivity index (χ2v) is 5.49. The van der Waals surface area contributed by atoms with E-state index in [0.717, 1.165) is 0 Å². The average molecular weight is 272 g/mol. The Balaban J connectivity index is 2.24. The van der Waals surface area contributed by atoms with Gasteiger partial charge in [0.05, 0.1) is 12.0 Å². The van der Waals surface area contributed by atoms with Gasteiger partial charge in [0.1, 0.15) is 0 Å². The van der Waals surface area contributed by atoms with E-state index in [4.69, 9.17) is 4.74 Å². The largest absolute Gasteiger partial charge is 0.463 e. The molecule has 0 saturated carbocycles.